The SMILES string of the molecule is Cl.Clc1ccc(COc2ccccc2CNCCC2=CCCCC2)cc1. The fourth-order valence-corrected chi connectivity index (χ4v) is 3.26. The molecule has 3 rings (SSSR count). The summed E-state index contributed by atoms with van der Waals surface area (Å²) < 4.78 is 6.02. The van der Waals surface area contributed by atoms with Crippen molar-refractivity contribution in [3.8, 4) is 5.75 Å². The summed E-state index contributed by atoms with van der Waals surface area (Å²) in [6, 6.07) is 16.0. The van der Waals surface area contributed by atoms with Crippen LogP contribution >= 0.6 is 24.0 Å². The van der Waals surface area contributed by atoms with Crippen molar-refractivity contribution in [1.82, 2.24) is 5.32 Å². The molecule has 0 aliphatic heterocycles. The van der Waals surface area contributed by atoms with Crippen LogP contribution in [0, 0.1) is 0 Å². The van der Waals surface area contributed by atoms with Crippen LogP contribution in [0.5, 0.6) is 5.75 Å². The second-order valence-corrected chi connectivity index (χ2v) is 6.99. The van der Waals surface area contributed by atoms with Gasteiger partial charge in [-0.3, -0.25) is 0 Å². The Bertz CT molecular complexity index is 698. The van der Waals surface area contributed by atoms with Gasteiger partial charge in [0, 0.05) is 17.1 Å². The minimum atomic E-state index is 0. The van der Waals surface area contributed by atoms with Crippen LogP contribution in [0.3, 0.4) is 0 Å². The van der Waals surface area contributed by atoms with E-state index in [2.05, 4.69) is 23.5 Å². The first-order valence-electron chi connectivity index (χ1n) is 9.15. The first-order chi connectivity index (χ1) is 12.3. The zero-order valence-corrected chi connectivity index (χ0v) is 16.6. The van der Waals surface area contributed by atoms with Crippen LogP contribution < -0.4 is 10.1 Å². The number of para-hydroxylation sites is 1. The summed E-state index contributed by atoms with van der Waals surface area (Å²) in [7, 11) is 0. The Morgan fingerprint density at radius 3 is 2.58 bits per heavy atom. The predicted molar refractivity (Wildman–Crippen MR) is 112 cm³/mol. The molecular formula is C22H27Cl2NO. The predicted octanol–water partition coefficient (Wildman–Crippen LogP) is 6.32. The molecule has 2 nitrogen and oxygen atoms in total. The fourth-order valence-electron chi connectivity index (χ4n) is 3.14. The zero-order valence-electron chi connectivity index (χ0n) is 15.0. The molecule has 0 spiro atoms. The lowest BCUT2D eigenvalue weighted by Crippen LogP contribution is -2.16. The maximum Gasteiger partial charge on any atom is 0.124 e. The van der Waals surface area contributed by atoms with E-state index < -0.39 is 0 Å². The monoisotopic (exact) mass is 391 g/mol. The largest absolute Gasteiger partial charge is 0.489 e. The van der Waals surface area contributed by atoms with Crippen LogP contribution in [0.1, 0.15) is 43.2 Å². The quantitative estimate of drug-likeness (QED) is 0.419. The summed E-state index contributed by atoms with van der Waals surface area (Å²) in [5, 5.41) is 4.31. The molecule has 0 amide bonds. The summed E-state index contributed by atoms with van der Waals surface area (Å²) in [5.74, 6) is 0.946. The average molecular weight is 392 g/mol. The topological polar surface area (TPSA) is 21.3 Å². The third-order valence-corrected chi connectivity index (χ3v) is 4.86. The van der Waals surface area contributed by atoms with Crippen molar-refractivity contribution in [3.63, 3.8) is 0 Å². The number of benzene rings is 2. The highest BCUT2D eigenvalue weighted by atomic mass is 35.5. The molecule has 26 heavy (non-hydrogen) atoms. The third kappa shape index (κ3) is 6.68. The van der Waals surface area contributed by atoms with Gasteiger partial charge in [-0.15, -0.1) is 12.4 Å². The lowest BCUT2D eigenvalue weighted by atomic mass is 9.97. The molecule has 1 aliphatic rings. The number of hydrogen-bond acceptors (Lipinski definition) is 2. The molecule has 1 aliphatic carbocycles. The molecule has 0 radical (unpaired) electrons. The minimum absolute atomic E-state index is 0. The van der Waals surface area contributed by atoms with Crippen LogP contribution in [0.15, 0.2) is 60.2 Å². The number of nitrogens with one attached hydrogen (secondary N) is 1. The third-order valence-electron chi connectivity index (χ3n) is 4.60. The van der Waals surface area contributed by atoms with Gasteiger partial charge >= 0.3 is 0 Å². The second-order valence-electron chi connectivity index (χ2n) is 6.56. The van der Waals surface area contributed by atoms with Crippen LogP contribution in [-0.2, 0) is 13.2 Å². The van der Waals surface area contributed by atoms with E-state index in [9.17, 15) is 0 Å². The molecule has 2 aromatic rings. The summed E-state index contributed by atoms with van der Waals surface area (Å²) in [4.78, 5) is 0. The zero-order chi connectivity index (χ0) is 17.3. The normalized spacial score (nSPS) is 13.7. The Morgan fingerprint density at radius 2 is 1.81 bits per heavy atom. The van der Waals surface area contributed by atoms with Gasteiger partial charge in [0.25, 0.3) is 0 Å². The standard InChI is InChI=1S/C22H26ClNO.ClH/c23-21-12-10-19(11-13-21)17-25-22-9-5-4-8-20(22)16-24-15-14-18-6-2-1-3-7-18;/h4-6,8-13,24H,1-3,7,14-17H2;1H. The van der Waals surface area contributed by atoms with E-state index in [0.29, 0.717) is 6.61 Å². The van der Waals surface area contributed by atoms with Crippen LogP contribution in [0.2, 0.25) is 5.02 Å². The molecule has 1 N–H and O–H groups in total. The van der Waals surface area contributed by atoms with E-state index in [1.807, 2.05) is 36.4 Å². The maximum absolute atomic E-state index is 6.02. The summed E-state index contributed by atoms with van der Waals surface area (Å²) in [5.41, 5.74) is 3.94. The average Bonchev–Trinajstić information content (AvgIpc) is 2.66. The Balaban J connectivity index is 0.00000243. The highest BCUT2D eigenvalue weighted by molar-refractivity contribution is 6.30. The van der Waals surface area contributed by atoms with Crippen molar-refractivity contribution in [3.05, 3.63) is 76.3 Å². The molecule has 0 atom stereocenters. The second kappa shape index (κ2) is 11.3. The molecule has 0 unspecified atom stereocenters. The summed E-state index contributed by atoms with van der Waals surface area (Å²) in [6.07, 6.45) is 8.84. The van der Waals surface area contributed by atoms with Crippen molar-refractivity contribution in [2.24, 2.45) is 0 Å². The molecule has 0 heterocycles. The van der Waals surface area contributed by atoms with Crippen molar-refractivity contribution in [2.75, 3.05) is 6.54 Å². The molecule has 0 saturated carbocycles. The molecular weight excluding hydrogens is 365 g/mol. The van der Waals surface area contributed by atoms with Gasteiger partial charge in [0.2, 0.25) is 0 Å². The van der Waals surface area contributed by atoms with Crippen molar-refractivity contribution in [1.29, 1.82) is 0 Å². The lowest BCUT2D eigenvalue weighted by molar-refractivity contribution is 0.302. The van der Waals surface area contributed by atoms with Crippen LogP contribution in [-0.4, -0.2) is 6.54 Å². The van der Waals surface area contributed by atoms with Gasteiger partial charge in [0.15, 0.2) is 0 Å². The number of halogens is 2. The molecule has 140 valence electrons. The Hall–Kier alpha value is -1.48. The van der Waals surface area contributed by atoms with Crippen molar-refractivity contribution >= 4 is 24.0 Å². The molecule has 4 heteroatoms. The van der Waals surface area contributed by atoms with Crippen molar-refractivity contribution < 1.29 is 4.74 Å². The number of rotatable bonds is 8. The molecule has 0 saturated heterocycles. The van der Waals surface area contributed by atoms with E-state index in [4.69, 9.17) is 16.3 Å². The van der Waals surface area contributed by atoms with Gasteiger partial charge in [-0.1, -0.05) is 53.6 Å². The van der Waals surface area contributed by atoms with Gasteiger partial charge in [-0.05, 0) is 62.4 Å². The maximum atomic E-state index is 6.02. The fraction of sp³-hybridized carbons (Fsp3) is 0.364. The molecule has 2 aromatic carbocycles. The summed E-state index contributed by atoms with van der Waals surface area (Å²) >= 11 is 5.93. The van der Waals surface area contributed by atoms with E-state index >= 15 is 0 Å². The van der Waals surface area contributed by atoms with Crippen LogP contribution in [0.4, 0.5) is 0 Å². The Morgan fingerprint density at radius 1 is 1.00 bits per heavy atom. The van der Waals surface area contributed by atoms with Gasteiger partial charge in [-0.25, -0.2) is 0 Å². The Kier molecular flexibility index (Phi) is 9.04. The first-order valence-corrected chi connectivity index (χ1v) is 9.53. The van der Waals surface area contributed by atoms with E-state index in [-0.39, 0.29) is 12.4 Å². The molecule has 0 bridgehead atoms. The van der Waals surface area contributed by atoms with E-state index in [1.165, 1.54) is 31.2 Å². The molecule has 0 aromatic heterocycles. The number of allylic oxidation sites excluding steroid dienone is 1. The smallest absolute Gasteiger partial charge is 0.124 e. The highest BCUT2D eigenvalue weighted by Crippen LogP contribution is 2.21. The summed E-state index contributed by atoms with van der Waals surface area (Å²) in [6.45, 7) is 2.42. The van der Waals surface area contributed by atoms with Gasteiger partial charge in [-0.2, -0.15) is 0 Å². The number of hydrogen-bond donors (Lipinski definition) is 1. The minimum Gasteiger partial charge on any atom is -0.489 e. The Labute approximate surface area is 168 Å². The lowest BCUT2D eigenvalue weighted by Gasteiger charge is -2.14. The molecule has 0 fully saturated rings. The van der Waals surface area contributed by atoms with Gasteiger partial charge < -0.3 is 10.1 Å². The first kappa shape index (κ1) is 20.8. The van der Waals surface area contributed by atoms with Crippen LogP contribution in [0.25, 0.3) is 0 Å². The number of ether oxygens (including phenoxy) is 1. The highest BCUT2D eigenvalue weighted by Gasteiger charge is 2.05. The van der Waals surface area contributed by atoms with Gasteiger partial charge in [0.05, 0.1) is 0 Å². The van der Waals surface area contributed by atoms with Gasteiger partial charge in [0.1, 0.15) is 12.4 Å². The van der Waals surface area contributed by atoms with E-state index in [1.54, 1.807) is 5.57 Å². The van der Waals surface area contributed by atoms with Crippen molar-refractivity contribution in [2.45, 2.75) is 45.3 Å². The van der Waals surface area contributed by atoms with E-state index in [0.717, 1.165) is 35.8 Å².